The number of aromatic amines is 1. The molecule has 1 aliphatic rings. The lowest BCUT2D eigenvalue weighted by molar-refractivity contribution is -0.137. The molecule has 6 N–H and O–H groups in total. The molecule has 0 bridgehead atoms. The van der Waals surface area contributed by atoms with E-state index < -0.39 is 34.9 Å². The lowest BCUT2D eigenvalue weighted by Gasteiger charge is -2.27. The van der Waals surface area contributed by atoms with Crippen molar-refractivity contribution < 1.29 is 34.2 Å². The number of allylic oxidation sites excluding steroid dienone is 2. The second-order valence-electron chi connectivity index (χ2n) is 8.17. The van der Waals surface area contributed by atoms with Crippen LogP contribution in [0.2, 0.25) is 0 Å². The van der Waals surface area contributed by atoms with Crippen LogP contribution in [0.4, 0.5) is 0 Å². The maximum Gasteiger partial charge on any atom is 0.272 e. The Balaban J connectivity index is 1.79. The normalized spacial score (nSPS) is 14.2. The minimum atomic E-state index is -1.39. The molecule has 0 aromatic carbocycles. The smallest absolute Gasteiger partial charge is 0.272 e. The molecule has 0 spiro atoms. The second-order valence-corrected chi connectivity index (χ2v) is 9.31. The van der Waals surface area contributed by atoms with Gasteiger partial charge in [-0.05, 0) is 6.92 Å². The Morgan fingerprint density at radius 1 is 1.18 bits per heavy atom. The van der Waals surface area contributed by atoms with Gasteiger partial charge in [-0.3, -0.25) is 29.1 Å². The first-order chi connectivity index (χ1) is 16.0. The van der Waals surface area contributed by atoms with Crippen molar-refractivity contribution >= 4 is 41.0 Å². The van der Waals surface area contributed by atoms with Gasteiger partial charge >= 0.3 is 0 Å². The first-order valence-corrected chi connectivity index (χ1v) is 11.7. The van der Waals surface area contributed by atoms with Crippen LogP contribution in [-0.4, -0.2) is 87.8 Å². The van der Waals surface area contributed by atoms with E-state index >= 15 is 0 Å². The van der Waals surface area contributed by atoms with Gasteiger partial charge in [-0.2, -0.15) is 5.10 Å². The zero-order chi connectivity index (χ0) is 25.5. The number of H-pyrrole nitrogens is 1. The quantitative estimate of drug-likeness (QED) is 0.201. The van der Waals surface area contributed by atoms with E-state index in [9.17, 15) is 34.2 Å². The summed E-state index contributed by atoms with van der Waals surface area (Å²) in [6.07, 6.45) is -0.196. The summed E-state index contributed by atoms with van der Waals surface area (Å²) < 4.78 is 0. The molecule has 2 rings (SSSR count). The highest BCUT2D eigenvalue weighted by Gasteiger charge is 2.34. The third-order valence-electron chi connectivity index (χ3n) is 5.01. The number of nitrogens with zero attached hydrogens (tertiary/aromatic N) is 1. The lowest BCUT2D eigenvalue weighted by atomic mass is 9.87. The molecule has 0 unspecified atom stereocenters. The molecule has 1 aromatic rings. The van der Waals surface area contributed by atoms with Gasteiger partial charge in [-0.25, -0.2) is 0 Å². The van der Waals surface area contributed by atoms with Gasteiger partial charge in [0.25, 0.3) is 5.91 Å². The molecule has 0 saturated carbocycles. The van der Waals surface area contributed by atoms with Gasteiger partial charge in [0.2, 0.25) is 23.4 Å². The van der Waals surface area contributed by atoms with Crippen LogP contribution in [0.1, 0.15) is 58.5 Å². The molecule has 0 aliphatic heterocycles. The van der Waals surface area contributed by atoms with Crippen LogP contribution in [-0.2, 0) is 9.59 Å². The molecule has 186 valence electrons. The zero-order valence-electron chi connectivity index (χ0n) is 19.2. The first-order valence-electron chi connectivity index (χ1n) is 10.7. The molecule has 34 heavy (non-hydrogen) atoms. The van der Waals surface area contributed by atoms with Gasteiger partial charge in [0.1, 0.15) is 11.8 Å². The Morgan fingerprint density at radius 2 is 1.85 bits per heavy atom. The van der Waals surface area contributed by atoms with Crippen molar-refractivity contribution in [3.63, 3.8) is 0 Å². The lowest BCUT2D eigenvalue weighted by Crippen LogP contribution is -2.47. The highest BCUT2D eigenvalue weighted by molar-refractivity contribution is 8.04. The average molecular weight is 496 g/mol. The van der Waals surface area contributed by atoms with Crippen LogP contribution in [0.15, 0.2) is 11.0 Å². The second kappa shape index (κ2) is 11.9. The first kappa shape index (κ1) is 27.2. The third-order valence-corrected chi connectivity index (χ3v) is 6.03. The maximum absolute atomic E-state index is 12.8. The summed E-state index contributed by atoms with van der Waals surface area (Å²) in [5.74, 6) is -2.33. The number of carbonyl (C=O) groups excluding carboxylic acids is 5. The van der Waals surface area contributed by atoms with Crippen LogP contribution in [0.25, 0.3) is 0 Å². The summed E-state index contributed by atoms with van der Waals surface area (Å²) in [6.45, 7) is 4.98. The Kier molecular flexibility index (Phi) is 9.53. The molecule has 13 heteroatoms. The largest absolute Gasteiger partial charge is 0.396 e. The van der Waals surface area contributed by atoms with Crippen LogP contribution in [0, 0.1) is 5.41 Å². The van der Waals surface area contributed by atoms with Crippen molar-refractivity contribution in [1.29, 1.82) is 0 Å². The van der Waals surface area contributed by atoms with Gasteiger partial charge in [-0.1, -0.05) is 13.8 Å². The number of aromatic nitrogens is 2. The molecule has 3 amide bonds. The summed E-state index contributed by atoms with van der Waals surface area (Å²) >= 11 is 1.02. The number of ketones is 2. The third kappa shape index (κ3) is 6.52. The monoisotopic (exact) mass is 495 g/mol. The number of aliphatic hydroxyl groups excluding tert-OH is 2. The van der Waals surface area contributed by atoms with E-state index in [0.717, 1.165) is 17.8 Å². The number of carbonyl (C=O) groups is 5. The van der Waals surface area contributed by atoms with Crippen molar-refractivity contribution in [1.82, 2.24) is 26.1 Å². The predicted octanol–water partition coefficient (Wildman–Crippen LogP) is -0.843. The summed E-state index contributed by atoms with van der Waals surface area (Å²) in [5.41, 5.74) is -1.25. The van der Waals surface area contributed by atoms with E-state index in [1.807, 2.05) is 0 Å². The van der Waals surface area contributed by atoms with E-state index in [1.165, 1.54) is 0 Å². The van der Waals surface area contributed by atoms with Crippen LogP contribution in [0.5, 0.6) is 0 Å². The molecular formula is C21H29N5O7S. The molecule has 1 aromatic heterocycles. The number of Topliss-reactive ketones (excluding diaryl/α,β-unsaturated/α-hetero) is 1. The number of rotatable bonds is 12. The van der Waals surface area contributed by atoms with E-state index in [2.05, 4.69) is 26.1 Å². The van der Waals surface area contributed by atoms with Gasteiger partial charge < -0.3 is 26.2 Å². The minimum absolute atomic E-state index is 0.0390. The summed E-state index contributed by atoms with van der Waals surface area (Å²) in [7, 11) is 0. The van der Waals surface area contributed by atoms with Crippen molar-refractivity contribution in [2.45, 2.75) is 33.3 Å². The number of hydrogen-bond acceptors (Lipinski definition) is 9. The predicted molar refractivity (Wildman–Crippen MR) is 123 cm³/mol. The zero-order valence-corrected chi connectivity index (χ0v) is 20.0. The van der Waals surface area contributed by atoms with Crippen LogP contribution >= 0.6 is 11.8 Å². The summed E-state index contributed by atoms with van der Waals surface area (Å²) in [6, 6.07) is 0. The average Bonchev–Trinajstić information content (AvgIpc) is 3.25. The van der Waals surface area contributed by atoms with Crippen LogP contribution < -0.4 is 16.0 Å². The van der Waals surface area contributed by atoms with E-state index in [1.54, 1.807) is 20.8 Å². The van der Waals surface area contributed by atoms with Gasteiger partial charge in [0.15, 0.2) is 5.69 Å². The molecule has 1 atom stereocenters. The van der Waals surface area contributed by atoms with Gasteiger partial charge in [-0.15, -0.1) is 11.8 Å². The Labute approximate surface area is 200 Å². The van der Waals surface area contributed by atoms with Gasteiger partial charge in [0.05, 0.1) is 17.1 Å². The number of amides is 3. The molecule has 1 heterocycles. The SMILES string of the molecule is CCNC(=O)c1n[nH]c2c1C(=O)C(SCCC(=O)NCCNC(=O)[C@H](O)C(C)(C)CO)=CC2=O. The molecule has 0 radical (unpaired) electrons. The molecule has 1 aliphatic carbocycles. The van der Waals surface area contributed by atoms with Crippen molar-refractivity contribution in [3.8, 4) is 0 Å². The number of hydrogen-bond donors (Lipinski definition) is 6. The number of thioether (sulfide) groups is 1. The van der Waals surface area contributed by atoms with Crippen molar-refractivity contribution in [2.24, 2.45) is 5.41 Å². The Bertz CT molecular complexity index is 1000. The Morgan fingerprint density at radius 3 is 2.50 bits per heavy atom. The Hall–Kier alpha value is -3.03. The standard InChI is InChI=1S/C21H29N5O7S/c1-4-22-19(32)16-14-15(25-26-16)11(28)9-12(17(14)30)34-8-5-13(29)23-6-7-24-20(33)18(31)21(2,3)10-27/h9,18,27,31H,4-8,10H2,1-3H3,(H,22,32)(H,23,29)(H,24,33)(H,25,26)/t18-/m0/s1. The fourth-order valence-corrected chi connectivity index (χ4v) is 3.84. The van der Waals surface area contributed by atoms with Crippen molar-refractivity contribution in [3.05, 3.63) is 27.9 Å². The minimum Gasteiger partial charge on any atom is -0.396 e. The van der Waals surface area contributed by atoms with E-state index in [4.69, 9.17) is 0 Å². The molecular weight excluding hydrogens is 466 g/mol. The summed E-state index contributed by atoms with van der Waals surface area (Å²) in [5, 5.41) is 33.0. The topological polar surface area (TPSA) is 191 Å². The van der Waals surface area contributed by atoms with E-state index in [0.29, 0.717) is 6.54 Å². The highest BCUT2D eigenvalue weighted by atomic mass is 32.2. The highest BCUT2D eigenvalue weighted by Crippen LogP contribution is 2.29. The van der Waals surface area contributed by atoms with Crippen molar-refractivity contribution in [2.75, 3.05) is 32.0 Å². The fraction of sp³-hybridized carbons (Fsp3) is 0.524. The number of fused-ring (bicyclic) bond motifs is 1. The molecule has 0 saturated heterocycles. The maximum atomic E-state index is 12.8. The molecule has 0 fully saturated rings. The van der Waals surface area contributed by atoms with E-state index in [-0.39, 0.29) is 59.6 Å². The van der Waals surface area contributed by atoms with Gasteiger partial charge in [0, 0.05) is 43.3 Å². The number of aliphatic hydroxyl groups is 2. The molecule has 12 nitrogen and oxygen atoms in total. The summed E-state index contributed by atoms with van der Waals surface area (Å²) in [4.78, 5) is 61.2. The van der Waals surface area contributed by atoms with Crippen LogP contribution in [0.3, 0.4) is 0 Å². The number of nitrogens with one attached hydrogen (secondary N) is 4. The fourth-order valence-electron chi connectivity index (χ4n) is 2.90.